The van der Waals surface area contributed by atoms with Crippen molar-refractivity contribution in [1.82, 2.24) is 4.90 Å². The van der Waals surface area contributed by atoms with Crippen LogP contribution in [-0.4, -0.2) is 42.2 Å². The van der Waals surface area contributed by atoms with E-state index in [0.29, 0.717) is 34.4 Å². The molecule has 0 saturated carbocycles. The molecule has 4 rings (SSSR count). The topological polar surface area (TPSA) is 92.0 Å². The Bertz CT molecular complexity index is 1150. The summed E-state index contributed by atoms with van der Waals surface area (Å²) < 4.78 is 11.1. The SMILES string of the molecule is Cc1c(CC(=O)Nc2ccc(OCCN3CCCCC3)cc2)c(=O)oc2cc(O)ccc12. The number of amides is 1. The Kier molecular flexibility index (Phi) is 6.75. The number of carbonyl (C=O) groups excluding carboxylic acids is 1. The van der Waals surface area contributed by atoms with Crippen LogP contribution in [0.2, 0.25) is 0 Å². The normalized spacial score (nSPS) is 14.4. The van der Waals surface area contributed by atoms with E-state index in [2.05, 4.69) is 10.2 Å². The first-order chi connectivity index (χ1) is 15.5. The minimum Gasteiger partial charge on any atom is -0.508 e. The fraction of sp³-hybridized carbons (Fsp3) is 0.360. The van der Waals surface area contributed by atoms with Crippen LogP contribution in [0.3, 0.4) is 0 Å². The molecule has 2 aromatic carbocycles. The Morgan fingerprint density at radius 1 is 1.12 bits per heavy atom. The highest BCUT2D eigenvalue weighted by molar-refractivity contribution is 5.93. The van der Waals surface area contributed by atoms with Crippen molar-refractivity contribution >= 4 is 22.6 Å². The molecule has 7 heteroatoms. The summed E-state index contributed by atoms with van der Waals surface area (Å²) in [4.78, 5) is 27.3. The zero-order chi connectivity index (χ0) is 22.5. The maximum absolute atomic E-state index is 12.5. The number of aryl methyl sites for hydroxylation is 1. The maximum atomic E-state index is 12.5. The van der Waals surface area contributed by atoms with Crippen molar-refractivity contribution in [2.75, 3.05) is 31.6 Å². The number of carbonyl (C=O) groups is 1. The predicted molar refractivity (Wildman–Crippen MR) is 123 cm³/mol. The number of aromatic hydroxyl groups is 1. The molecule has 3 aromatic rings. The molecule has 0 spiro atoms. The lowest BCUT2D eigenvalue weighted by Gasteiger charge is -2.26. The van der Waals surface area contributed by atoms with E-state index >= 15 is 0 Å². The second-order valence-corrected chi connectivity index (χ2v) is 8.17. The van der Waals surface area contributed by atoms with Gasteiger partial charge in [-0.3, -0.25) is 9.69 Å². The Morgan fingerprint density at radius 3 is 2.62 bits per heavy atom. The third-order valence-electron chi connectivity index (χ3n) is 5.87. The molecule has 0 radical (unpaired) electrons. The number of nitrogens with one attached hydrogen (secondary N) is 1. The lowest BCUT2D eigenvalue weighted by atomic mass is 10.0. The number of rotatable bonds is 7. The fourth-order valence-corrected chi connectivity index (χ4v) is 4.06. The number of phenols is 1. The monoisotopic (exact) mass is 436 g/mol. The van der Waals surface area contributed by atoms with E-state index in [1.54, 1.807) is 25.1 Å². The van der Waals surface area contributed by atoms with Crippen molar-refractivity contribution in [3.05, 3.63) is 64.0 Å². The molecular formula is C25H28N2O5. The molecule has 32 heavy (non-hydrogen) atoms. The standard InChI is InChI=1S/C25H28N2O5/c1-17-21-10-7-19(28)15-23(21)32-25(30)22(17)16-24(29)26-18-5-8-20(9-6-18)31-14-13-27-11-3-2-4-12-27/h5-10,15,28H,2-4,11-14,16H2,1H3,(H,26,29). The predicted octanol–water partition coefficient (Wildman–Crippen LogP) is 3.85. The van der Waals surface area contributed by atoms with Gasteiger partial charge in [0, 0.05) is 23.7 Å². The highest BCUT2D eigenvalue weighted by Crippen LogP contribution is 2.24. The molecule has 1 aromatic heterocycles. The molecular weight excluding hydrogens is 408 g/mol. The summed E-state index contributed by atoms with van der Waals surface area (Å²) in [7, 11) is 0. The molecule has 0 aliphatic carbocycles. The summed E-state index contributed by atoms with van der Waals surface area (Å²) in [5.41, 5.74) is 1.33. The van der Waals surface area contributed by atoms with Gasteiger partial charge in [0.05, 0.1) is 12.0 Å². The minimum absolute atomic E-state index is 0.0180. The van der Waals surface area contributed by atoms with E-state index in [4.69, 9.17) is 9.15 Å². The van der Waals surface area contributed by atoms with Gasteiger partial charge in [-0.1, -0.05) is 6.42 Å². The molecule has 0 bridgehead atoms. The number of hydrogen-bond donors (Lipinski definition) is 2. The molecule has 1 saturated heterocycles. The Hall–Kier alpha value is -3.32. The van der Waals surface area contributed by atoms with Crippen molar-refractivity contribution in [2.24, 2.45) is 0 Å². The average molecular weight is 437 g/mol. The molecule has 7 nitrogen and oxygen atoms in total. The van der Waals surface area contributed by atoms with Gasteiger partial charge in [0.1, 0.15) is 23.7 Å². The van der Waals surface area contributed by atoms with Crippen LogP contribution in [0.1, 0.15) is 30.4 Å². The van der Waals surface area contributed by atoms with Crippen molar-refractivity contribution in [2.45, 2.75) is 32.6 Å². The van der Waals surface area contributed by atoms with Gasteiger partial charge >= 0.3 is 5.63 Å². The Labute approximate surface area is 186 Å². The van der Waals surface area contributed by atoms with Crippen LogP contribution in [-0.2, 0) is 11.2 Å². The molecule has 0 atom stereocenters. The lowest BCUT2D eigenvalue weighted by Crippen LogP contribution is -2.33. The van der Waals surface area contributed by atoms with E-state index in [1.165, 1.54) is 31.4 Å². The van der Waals surface area contributed by atoms with E-state index in [0.717, 1.165) is 25.4 Å². The molecule has 1 amide bonds. The summed E-state index contributed by atoms with van der Waals surface area (Å²) in [6, 6.07) is 11.8. The quantitative estimate of drug-likeness (QED) is 0.547. The van der Waals surface area contributed by atoms with Gasteiger partial charge < -0.3 is 19.6 Å². The number of nitrogens with zero attached hydrogens (tertiary/aromatic N) is 1. The molecule has 1 fully saturated rings. The average Bonchev–Trinajstić information content (AvgIpc) is 2.78. The molecule has 1 aliphatic heterocycles. The van der Waals surface area contributed by atoms with Crippen LogP contribution in [0.4, 0.5) is 5.69 Å². The van der Waals surface area contributed by atoms with E-state index in [9.17, 15) is 14.7 Å². The smallest absolute Gasteiger partial charge is 0.340 e. The summed E-state index contributed by atoms with van der Waals surface area (Å²) >= 11 is 0. The highest BCUT2D eigenvalue weighted by atomic mass is 16.5. The molecule has 2 heterocycles. The zero-order valence-electron chi connectivity index (χ0n) is 18.2. The molecule has 168 valence electrons. The summed E-state index contributed by atoms with van der Waals surface area (Å²) in [5, 5.41) is 13.1. The number of fused-ring (bicyclic) bond motifs is 1. The Morgan fingerprint density at radius 2 is 1.88 bits per heavy atom. The van der Waals surface area contributed by atoms with Crippen LogP contribution >= 0.6 is 0 Å². The van der Waals surface area contributed by atoms with Gasteiger partial charge in [-0.25, -0.2) is 4.79 Å². The number of benzene rings is 2. The summed E-state index contributed by atoms with van der Waals surface area (Å²) in [6.45, 7) is 5.62. The maximum Gasteiger partial charge on any atom is 0.340 e. The van der Waals surface area contributed by atoms with E-state index in [1.807, 2.05) is 12.1 Å². The molecule has 2 N–H and O–H groups in total. The van der Waals surface area contributed by atoms with Crippen LogP contribution in [0.15, 0.2) is 51.7 Å². The first-order valence-electron chi connectivity index (χ1n) is 11.0. The van der Waals surface area contributed by atoms with Crippen LogP contribution in [0, 0.1) is 6.92 Å². The van der Waals surface area contributed by atoms with Crippen molar-refractivity contribution < 1.29 is 19.1 Å². The van der Waals surface area contributed by atoms with Crippen LogP contribution in [0.5, 0.6) is 11.5 Å². The van der Waals surface area contributed by atoms with E-state index < -0.39 is 5.63 Å². The third-order valence-corrected chi connectivity index (χ3v) is 5.87. The van der Waals surface area contributed by atoms with Gasteiger partial charge in [-0.2, -0.15) is 0 Å². The first kappa shape index (κ1) is 21.9. The summed E-state index contributed by atoms with van der Waals surface area (Å²) in [6.07, 6.45) is 3.75. The summed E-state index contributed by atoms with van der Waals surface area (Å²) in [5.74, 6) is 0.469. The van der Waals surface area contributed by atoms with E-state index in [-0.39, 0.29) is 18.1 Å². The lowest BCUT2D eigenvalue weighted by molar-refractivity contribution is -0.115. The third kappa shape index (κ3) is 5.29. The fourth-order valence-electron chi connectivity index (χ4n) is 4.06. The number of ether oxygens (including phenoxy) is 1. The minimum atomic E-state index is -0.576. The molecule has 0 unspecified atom stereocenters. The van der Waals surface area contributed by atoms with Gasteiger partial charge in [-0.15, -0.1) is 0 Å². The number of likely N-dealkylation sites (tertiary alicyclic amines) is 1. The number of anilines is 1. The number of hydrogen-bond acceptors (Lipinski definition) is 6. The van der Waals surface area contributed by atoms with Gasteiger partial charge in [-0.05, 0) is 74.8 Å². The van der Waals surface area contributed by atoms with Gasteiger partial charge in [0.2, 0.25) is 5.91 Å². The van der Waals surface area contributed by atoms with Gasteiger partial charge in [0.25, 0.3) is 0 Å². The number of phenolic OH excluding ortho intramolecular Hbond substituents is 1. The first-order valence-corrected chi connectivity index (χ1v) is 11.0. The van der Waals surface area contributed by atoms with Crippen molar-refractivity contribution in [1.29, 1.82) is 0 Å². The number of piperidine rings is 1. The zero-order valence-corrected chi connectivity index (χ0v) is 18.2. The van der Waals surface area contributed by atoms with Crippen LogP contribution < -0.4 is 15.7 Å². The highest BCUT2D eigenvalue weighted by Gasteiger charge is 2.15. The second-order valence-electron chi connectivity index (χ2n) is 8.17. The largest absolute Gasteiger partial charge is 0.508 e. The van der Waals surface area contributed by atoms with Gasteiger partial charge in [0.15, 0.2) is 0 Å². The molecule has 1 aliphatic rings. The van der Waals surface area contributed by atoms with Crippen LogP contribution in [0.25, 0.3) is 11.0 Å². The Balaban J connectivity index is 1.34. The second kappa shape index (κ2) is 9.87. The van der Waals surface area contributed by atoms with Crippen molar-refractivity contribution in [3.63, 3.8) is 0 Å². The van der Waals surface area contributed by atoms with Crippen molar-refractivity contribution in [3.8, 4) is 11.5 Å².